The molecule has 0 spiro atoms. The Hall–Kier alpha value is -5.86. The fraction of sp³-hybridized carbons (Fsp3) is 0.0233. The minimum atomic E-state index is 1.17. The lowest BCUT2D eigenvalue weighted by atomic mass is 10.0. The zero-order valence-corrected chi connectivity index (χ0v) is 25.0. The molecule has 0 amide bonds. The van der Waals surface area contributed by atoms with Crippen molar-refractivity contribution in [1.82, 2.24) is 9.13 Å². The number of hydrogen-bond acceptors (Lipinski definition) is 0. The van der Waals surface area contributed by atoms with E-state index in [-0.39, 0.29) is 0 Å². The minimum absolute atomic E-state index is 1.17. The topological polar surface area (TPSA) is 9.86 Å². The number of nitrogens with zero attached hydrogens (tertiary/aromatic N) is 2. The van der Waals surface area contributed by atoms with Crippen LogP contribution in [0.5, 0.6) is 0 Å². The predicted molar refractivity (Wildman–Crippen MR) is 191 cm³/mol. The van der Waals surface area contributed by atoms with Crippen LogP contribution in [-0.4, -0.2) is 9.13 Å². The number of benzene rings is 7. The number of aromatic nitrogens is 2. The van der Waals surface area contributed by atoms with E-state index in [1.54, 1.807) is 0 Å². The molecule has 0 radical (unpaired) electrons. The average molecular weight is 575 g/mol. The number of hydrogen-bond donors (Lipinski definition) is 0. The van der Waals surface area contributed by atoms with Crippen LogP contribution in [0, 0.1) is 6.92 Å². The summed E-state index contributed by atoms with van der Waals surface area (Å²) in [6.45, 7) is 2.17. The van der Waals surface area contributed by atoms with E-state index >= 15 is 0 Å². The summed E-state index contributed by atoms with van der Waals surface area (Å²) in [5.74, 6) is 0. The highest BCUT2D eigenvalue weighted by Crippen LogP contribution is 2.38. The van der Waals surface area contributed by atoms with Gasteiger partial charge in [-0.05, 0) is 89.3 Å². The Kier molecular flexibility index (Phi) is 5.76. The maximum atomic E-state index is 2.44. The molecule has 9 rings (SSSR count). The van der Waals surface area contributed by atoms with E-state index in [1.807, 2.05) is 0 Å². The Balaban J connectivity index is 1.27. The second kappa shape index (κ2) is 10.1. The molecule has 0 aliphatic heterocycles. The first-order valence-electron chi connectivity index (χ1n) is 15.5. The third-order valence-corrected chi connectivity index (χ3v) is 9.15. The molecule has 2 nitrogen and oxygen atoms in total. The van der Waals surface area contributed by atoms with Crippen molar-refractivity contribution in [3.05, 3.63) is 169 Å². The summed E-state index contributed by atoms with van der Waals surface area (Å²) in [5.41, 5.74) is 13.3. The summed E-state index contributed by atoms with van der Waals surface area (Å²) in [7, 11) is 0. The second-order valence-electron chi connectivity index (χ2n) is 11.9. The van der Waals surface area contributed by atoms with Crippen molar-refractivity contribution < 1.29 is 0 Å². The summed E-state index contributed by atoms with van der Waals surface area (Å²) in [4.78, 5) is 0. The van der Waals surface area contributed by atoms with Crippen LogP contribution in [0.1, 0.15) is 5.56 Å². The predicted octanol–water partition coefficient (Wildman–Crippen LogP) is 11.5. The van der Waals surface area contributed by atoms with Crippen molar-refractivity contribution in [2.45, 2.75) is 6.92 Å². The minimum Gasteiger partial charge on any atom is -0.309 e. The number of fused-ring (bicyclic) bond motifs is 6. The third-order valence-electron chi connectivity index (χ3n) is 9.15. The van der Waals surface area contributed by atoms with Gasteiger partial charge in [0.05, 0.1) is 22.1 Å². The van der Waals surface area contributed by atoms with Gasteiger partial charge in [-0.1, -0.05) is 109 Å². The number of para-hydroxylation sites is 2. The van der Waals surface area contributed by atoms with Gasteiger partial charge in [0.1, 0.15) is 0 Å². The van der Waals surface area contributed by atoms with Gasteiger partial charge in [0.2, 0.25) is 0 Å². The molecule has 0 bridgehead atoms. The van der Waals surface area contributed by atoms with Gasteiger partial charge in [0.15, 0.2) is 0 Å². The molecule has 0 fully saturated rings. The molecule has 0 N–H and O–H groups in total. The summed E-state index contributed by atoms with van der Waals surface area (Å²) in [5, 5.41) is 5.06. The SMILES string of the molecule is Cc1ccc2c3ccc(-c4ccc5c(c4)c4ccccc4n5-c4ccccc4)cc3n(-c3cccc(-c4ccccc4)c3)c2c1. The lowest BCUT2D eigenvalue weighted by Gasteiger charge is -2.12. The van der Waals surface area contributed by atoms with Crippen LogP contribution < -0.4 is 0 Å². The van der Waals surface area contributed by atoms with Gasteiger partial charge >= 0.3 is 0 Å². The van der Waals surface area contributed by atoms with Gasteiger partial charge in [0.25, 0.3) is 0 Å². The van der Waals surface area contributed by atoms with Crippen LogP contribution in [0.2, 0.25) is 0 Å². The molecule has 45 heavy (non-hydrogen) atoms. The van der Waals surface area contributed by atoms with Gasteiger partial charge in [-0.15, -0.1) is 0 Å². The van der Waals surface area contributed by atoms with Crippen LogP contribution in [0.25, 0.3) is 77.2 Å². The zero-order chi connectivity index (χ0) is 29.9. The molecule has 2 heteroatoms. The molecule has 0 saturated carbocycles. The molecule has 7 aromatic carbocycles. The Morgan fingerprint density at radius 3 is 1.71 bits per heavy atom. The zero-order valence-electron chi connectivity index (χ0n) is 25.0. The van der Waals surface area contributed by atoms with E-state index in [9.17, 15) is 0 Å². The smallest absolute Gasteiger partial charge is 0.0547 e. The highest BCUT2D eigenvalue weighted by Gasteiger charge is 2.16. The van der Waals surface area contributed by atoms with Gasteiger partial charge in [-0.2, -0.15) is 0 Å². The Morgan fingerprint density at radius 1 is 0.311 bits per heavy atom. The molecule has 212 valence electrons. The van der Waals surface area contributed by atoms with E-state index < -0.39 is 0 Å². The van der Waals surface area contributed by atoms with E-state index in [1.165, 1.54) is 82.8 Å². The first-order valence-corrected chi connectivity index (χ1v) is 15.5. The van der Waals surface area contributed by atoms with Crippen LogP contribution in [0.3, 0.4) is 0 Å². The molecule has 0 aliphatic carbocycles. The van der Waals surface area contributed by atoms with Crippen molar-refractivity contribution in [2.75, 3.05) is 0 Å². The molecular weight excluding hydrogens is 544 g/mol. The summed E-state index contributed by atoms with van der Waals surface area (Å²) >= 11 is 0. The molecule has 0 unspecified atom stereocenters. The van der Waals surface area contributed by atoms with E-state index in [0.29, 0.717) is 0 Å². The van der Waals surface area contributed by atoms with Crippen molar-refractivity contribution in [1.29, 1.82) is 0 Å². The fourth-order valence-electron chi connectivity index (χ4n) is 7.05. The molecule has 2 aromatic heterocycles. The summed E-state index contributed by atoms with van der Waals surface area (Å²) in [6.07, 6.45) is 0. The maximum absolute atomic E-state index is 2.44. The Bertz CT molecular complexity index is 2530. The highest BCUT2D eigenvalue weighted by atomic mass is 15.0. The second-order valence-corrected chi connectivity index (χ2v) is 11.9. The molecule has 9 aromatic rings. The third kappa shape index (κ3) is 4.11. The van der Waals surface area contributed by atoms with Crippen LogP contribution in [0.15, 0.2) is 164 Å². The summed E-state index contributed by atoms with van der Waals surface area (Å²) in [6, 6.07) is 59.6. The first-order chi connectivity index (χ1) is 22.2. The van der Waals surface area contributed by atoms with Gasteiger partial charge in [0, 0.05) is 32.9 Å². The monoisotopic (exact) mass is 574 g/mol. The first kappa shape index (κ1) is 25.6. The van der Waals surface area contributed by atoms with Crippen LogP contribution >= 0.6 is 0 Å². The number of aryl methyl sites for hydroxylation is 1. The maximum Gasteiger partial charge on any atom is 0.0547 e. The quantitative estimate of drug-likeness (QED) is 0.198. The van der Waals surface area contributed by atoms with E-state index in [0.717, 1.165) is 0 Å². The molecule has 0 aliphatic rings. The Morgan fingerprint density at radius 2 is 0.867 bits per heavy atom. The standard InChI is InChI=1S/C43H30N2/c1-29-19-22-37-38-23-20-33(28-43(38)45(42(37)25-29)35-16-10-13-31(26-35)30-11-4-2-5-12-30)32-21-24-41-39(27-32)36-17-8-9-18-40(36)44(41)34-14-6-3-7-15-34/h2-28H,1H3. The molecule has 0 saturated heterocycles. The van der Waals surface area contributed by atoms with E-state index in [2.05, 4.69) is 180 Å². The van der Waals surface area contributed by atoms with Gasteiger partial charge in [-0.25, -0.2) is 0 Å². The lowest BCUT2D eigenvalue weighted by molar-refractivity contribution is 1.18. The number of rotatable bonds is 4. The largest absolute Gasteiger partial charge is 0.309 e. The highest BCUT2D eigenvalue weighted by molar-refractivity contribution is 6.12. The Labute approximate surface area is 262 Å². The van der Waals surface area contributed by atoms with Gasteiger partial charge < -0.3 is 9.13 Å². The molecular formula is C43H30N2. The average Bonchev–Trinajstić information content (AvgIpc) is 3.60. The van der Waals surface area contributed by atoms with Crippen molar-refractivity contribution in [2.24, 2.45) is 0 Å². The molecule has 0 atom stereocenters. The van der Waals surface area contributed by atoms with Gasteiger partial charge in [-0.3, -0.25) is 0 Å². The van der Waals surface area contributed by atoms with E-state index in [4.69, 9.17) is 0 Å². The summed E-state index contributed by atoms with van der Waals surface area (Å²) < 4.78 is 4.81. The lowest BCUT2D eigenvalue weighted by Crippen LogP contribution is -1.95. The van der Waals surface area contributed by atoms with Crippen molar-refractivity contribution in [3.63, 3.8) is 0 Å². The van der Waals surface area contributed by atoms with Crippen molar-refractivity contribution >= 4 is 43.6 Å². The normalized spacial score (nSPS) is 11.7. The molecule has 2 heterocycles. The van der Waals surface area contributed by atoms with Crippen LogP contribution in [0.4, 0.5) is 0 Å². The van der Waals surface area contributed by atoms with Crippen LogP contribution in [-0.2, 0) is 0 Å². The fourth-order valence-corrected chi connectivity index (χ4v) is 7.05. The van der Waals surface area contributed by atoms with Crippen molar-refractivity contribution in [3.8, 4) is 33.6 Å².